The number of carbonyl (C=O) groups is 1. The van der Waals surface area contributed by atoms with E-state index in [9.17, 15) is 31.1 Å². The molecule has 0 bridgehead atoms. The summed E-state index contributed by atoms with van der Waals surface area (Å²) in [5.74, 6) is -0.864. The first kappa shape index (κ1) is 18.6. The van der Waals surface area contributed by atoms with Crippen molar-refractivity contribution in [2.75, 3.05) is 11.1 Å². The van der Waals surface area contributed by atoms with Gasteiger partial charge >= 0.3 is 12.4 Å². The Bertz CT molecular complexity index is 779. The van der Waals surface area contributed by atoms with Gasteiger partial charge in [0, 0.05) is 16.9 Å². The standard InChI is InChI=1S/C16H12F6N2O/c1-8-12(3-2-4-13(8)23)14(25)24-11-6-9(15(17,18)19)5-10(7-11)16(20,21)22/h2-7H,23H2,1H3,(H,24,25). The van der Waals surface area contributed by atoms with Crippen molar-refractivity contribution in [3.63, 3.8) is 0 Å². The maximum absolute atomic E-state index is 12.8. The largest absolute Gasteiger partial charge is 0.416 e. The van der Waals surface area contributed by atoms with Crippen LogP contribution in [0.25, 0.3) is 0 Å². The summed E-state index contributed by atoms with van der Waals surface area (Å²) >= 11 is 0. The molecule has 0 unspecified atom stereocenters. The van der Waals surface area contributed by atoms with E-state index in [2.05, 4.69) is 5.32 Å². The molecule has 0 saturated heterocycles. The van der Waals surface area contributed by atoms with E-state index < -0.39 is 35.1 Å². The van der Waals surface area contributed by atoms with Crippen molar-refractivity contribution in [3.8, 4) is 0 Å². The predicted molar refractivity (Wildman–Crippen MR) is 80.0 cm³/mol. The lowest BCUT2D eigenvalue weighted by Gasteiger charge is -2.15. The zero-order valence-corrected chi connectivity index (χ0v) is 12.7. The van der Waals surface area contributed by atoms with Crippen LogP contribution in [0.3, 0.4) is 0 Å². The Hall–Kier alpha value is -2.71. The number of halogens is 6. The van der Waals surface area contributed by atoms with Crippen molar-refractivity contribution in [2.24, 2.45) is 0 Å². The van der Waals surface area contributed by atoms with Crippen molar-refractivity contribution in [1.82, 2.24) is 0 Å². The molecule has 2 aromatic rings. The quantitative estimate of drug-likeness (QED) is 0.592. The molecule has 3 N–H and O–H groups in total. The van der Waals surface area contributed by atoms with Crippen molar-refractivity contribution in [3.05, 3.63) is 58.7 Å². The third kappa shape index (κ3) is 4.23. The molecule has 25 heavy (non-hydrogen) atoms. The minimum atomic E-state index is -4.99. The van der Waals surface area contributed by atoms with Crippen molar-refractivity contribution >= 4 is 17.3 Å². The molecular weight excluding hydrogens is 350 g/mol. The van der Waals surface area contributed by atoms with Crippen molar-refractivity contribution < 1.29 is 31.1 Å². The molecule has 1 amide bonds. The highest BCUT2D eigenvalue weighted by Crippen LogP contribution is 2.37. The second-order valence-electron chi connectivity index (χ2n) is 5.27. The van der Waals surface area contributed by atoms with E-state index >= 15 is 0 Å². The Morgan fingerprint density at radius 2 is 1.48 bits per heavy atom. The molecule has 0 aliphatic carbocycles. The molecule has 0 aliphatic rings. The first-order valence-electron chi connectivity index (χ1n) is 6.85. The molecule has 0 saturated carbocycles. The zero-order valence-electron chi connectivity index (χ0n) is 12.7. The molecule has 134 valence electrons. The maximum atomic E-state index is 12.8. The lowest BCUT2D eigenvalue weighted by molar-refractivity contribution is -0.143. The van der Waals surface area contributed by atoms with Crippen LogP contribution in [0.2, 0.25) is 0 Å². The van der Waals surface area contributed by atoms with Gasteiger partial charge in [-0.2, -0.15) is 26.3 Å². The van der Waals surface area contributed by atoms with Gasteiger partial charge in [0.15, 0.2) is 0 Å². The van der Waals surface area contributed by atoms with Crippen molar-refractivity contribution in [2.45, 2.75) is 19.3 Å². The molecule has 0 fully saturated rings. The number of nitrogen functional groups attached to an aromatic ring is 1. The number of alkyl halides is 6. The van der Waals surface area contributed by atoms with Crippen LogP contribution >= 0.6 is 0 Å². The average Bonchev–Trinajstić information content (AvgIpc) is 2.47. The average molecular weight is 362 g/mol. The van der Waals surface area contributed by atoms with Crippen LogP contribution in [0.1, 0.15) is 27.0 Å². The van der Waals surface area contributed by atoms with Gasteiger partial charge in [0.1, 0.15) is 0 Å². The van der Waals surface area contributed by atoms with Gasteiger partial charge in [-0.05, 0) is 42.8 Å². The highest BCUT2D eigenvalue weighted by Gasteiger charge is 2.37. The van der Waals surface area contributed by atoms with Gasteiger partial charge in [0.25, 0.3) is 5.91 Å². The van der Waals surface area contributed by atoms with E-state index in [1.807, 2.05) is 0 Å². The van der Waals surface area contributed by atoms with Crippen LogP contribution in [0.5, 0.6) is 0 Å². The molecule has 0 aliphatic heterocycles. The molecule has 0 heterocycles. The summed E-state index contributed by atoms with van der Waals surface area (Å²) in [4.78, 5) is 12.2. The number of anilines is 2. The fraction of sp³-hybridized carbons (Fsp3) is 0.188. The van der Waals surface area contributed by atoms with Gasteiger partial charge in [0.2, 0.25) is 0 Å². The van der Waals surface area contributed by atoms with E-state index in [0.29, 0.717) is 17.7 Å². The Morgan fingerprint density at radius 1 is 0.960 bits per heavy atom. The third-order valence-electron chi connectivity index (χ3n) is 3.47. The summed E-state index contributed by atoms with van der Waals surface area (Å²) in [5, 5.41) is 2.06. The Labute approximate surface area is 138 Å². The van der Waals surface area contributed by atoms with Crippen LogP contribution in [-0.2, 0) is 12.4 Å². The predicted octanol–water partition coefficient (Wildman–Crippen LogP) is 4.87. The molecule has 0 aromatic heterocycles. The first-order valence-corrected chi connectivity index (χ1v) is 6.85. The van der Waals surface area contributed by atoms with Gasteiger partial charge in [-0.1, -0.05) is 6.07 Å². The summed E-state index contributed by atoms with van der Waals surface area (Å²) in [6.07, 6.45) is -9.98. The minimum absolute atomic E-state index is 0.0125. The van der Waals surface area contributed by atoms with Gasteiger partial charge in [-0.15, -0.1) is 0 Å². The molecular formula is C16H12F6N2O. The number of hydrogen-bond acceptors (Lipinski definition) is 2. The van der Waals surface area contributed by atoms with E-state index in [1.54, 1.807) is 0 Å². The second-order valence-corrected chi connectivity index (χ2v) is 5.27. The Morgan fingerprint density at radius 3 is 1.96 bits per heavy atom. The Kier molecular flexibility index (Phi) is 4.70. The van der Waals surface area contributed by atoms with Crippen LogP contribution < -0.4 is 11.1 Å². The summed E-state index contributed by atoms with van der Waals surface area (Å²) in [6.45, 7) is 1.51. The lowest BCUT2D eigenvalue weighted by Crippen LogP contribution is -2.17. The van der Waals surface area contributed by atoms with E-state index in [4.69, 9.17) is 5.73 Å². The monoisotopic (exact) mass is 362 g/mol. The van der Waals surface area contributed by atoms with Crippen LogP contribution in [-0.4, -0.2) is 5.91 Å². The summed E-state index contributed by atoms with van der Waals surface area (Å²) < 4.78 is 76.9. The highest BCUT2D eigenvalue weighted by molar-refractivity contribution is 6.06. The van der Waals surface area contributed by atoms with Crippen LogP contribution in [0.4, 0.5) is 37.7 Å². The van der Waals surface area contributed by atoms with Gasteiger partial charge in [-0.25, -0.2) is 0 Å². The number of benzene rings is 2. The fourth-order valence-electron chi connectivity index (χ4n) is 2.13. The molecule has 0 spiro atoms. The number of amides is 1. The summed E-state index contributed by atoms with van der Waals surface area (Å²) in [6, 6.07) is 5.19. The number of nitrogens with two attached hydrogens (primary N) is 1. The normalized spacial score (nSPS) is 12.1. The smallest absolute Gasteiger partial charge is 0.398 e. The summed E-state index contributed by atoms with van der Waals surface area (Å²) in [7, 11) is 0. The van der Waals surface area contributed by atoms with E-state index in [0.717, 1.165) is 0 Å². The van der Waals surface area contributed by atoms with E-state index in [-0.39, 0.29) is 17.3 Å². The SMILES string of the molecule is Cc1c(N)cccc1C(=O)Nc1cc(C(F)(F)F)cc(C(F)(F)F)c1. The highest BCUT2D eigenvalue weighted by atomic mass is 19.4. The second kappa shape index (κ2) is 6.30. The molecule has 2 aromatic carbocycles. The molecule has 3 nitrogen and oxygen atoms in total. The Balaban J connectivity index is 2.45. The first-order chi connectivity index (χ1) is 11.4. The van der Waals surface area contributed by atoms with Gasteiger partial charge in [0.05, 0.1) is 11.1 Å². The number of hydrogen-bond donors (Lipinski definition) is 2. The van der Waals surface area contributed by atoms with Crippen molar-refractivity contribution in [1.29, 1.82) is 0 Å². The number of carbonyl (C=O) groups excluding carboxylic acids is 1. The molecule has 0 radical (unpaired) electrons. The van der Waals surface area contributed by atoms with E-state index in [1.165, 1.54) is 25.1 Å². The van der Waals surface area contributed by atoms with Crippen LogP contribution in [0.15, 0.2) is 36.4 Å². The van der Waals surface area contributed by atoms with Gasteiger partial charge in [-0.3, -0.25) is 4.79 Å². The third-order valence-corrected chi connectivity index (χ3v) is 3.47. The van der Waals surface area contributed by atoms with Crippen LogP contribution in [0, 0.1) is 6.92 Å². The van der Waals surface area contributed by atoms with Gasteiger partial charge < -0.3 is 11.1 Å². The molecule has 9 heteroatoms. The maximum Gasteiger partial charge on any atom is 0.416 e. The summed E-state index contributed by atoms with van der Waals surface area (Å²) in [5.41, 5.74) is 2.68. The topological polar surface area (TPSA) is 55.1 Å². The number of rotatable bonds is 2. The fourth-order valence-corrected chi connectivity index (χ4v) is 2.13. The zero-order chi connectivity index (χ0) is 19.0. The minimum Gasteiger partial charge on any atom is -0.398 e. The lowest BCUT2D eigenvalue weighted by atomic mass is 10.1. The number of nitrogens with one attached hydrogen (secondary N) is 1. The molecule has 0 atom stereocenters. The molecule has 2 rings (SSSR count).